The minimum Gasteiger partial charge on any atom is -0.444 e. The van der Waals surface area contributed by atoms with Gasteiger partial charge in [-0.2, -0.15) is 0 Å². The van der Waals surface area contributed by atoms with Crippen LogP contribution in [0.1, 0.15) is 11.5 Å². The van der Waals surface area contributed by atoms with Crippen LogP contribution in [-0.2, 0) is 13.1 Å². The van der Waals surface area contributed by atoms with E-state index in [2.05, 4.69) is 36.2 Å². The van der Waals surface area contributed by atoms with Gasteiger partial charge in [-0.05, 0) is 31.2 Å². The molecule has 2 aromatic heterocycles. The second kappa shape index (κ2) is 8.60. The van der Waals surface area contributed by atoms with Crippen molar-refractivity contribution in [1.29, 1.82) is 0 Å². The number of para-hydroxylation sites is 2. The van der Waals surface area contributed by atoms with E-state index in [-0.39, 0.29) is 0 Å². The number of fused-ring (bicyclic) bond motifs is 1. The lowest BCUT2D eigenvalue weighted by Crippen LogP contribution is -2.38. The first-order valence-electron chi connectivity index (χ1n) is 9.61. The molecule has 2 N–H and O–H groups in total. The van der Waals surface area contributed by atoms with Crippen molar-refractivity contribution in [2.45, 2.75) is 20.0 Å². The molecule has 0 unspecified atom stereocenters. The molecular weight excluding hydrogens is 364 g/mol. The van der Waals surface area contributed by atoms with Gasteiger partial charge in [-0.25, -0.2) is 9.97 Å². The van der Waals surface area contributed by atoms with Gasteiger partial charge in [-0.3, -0.25) is 4.99 Å². The fourth-order valence-corrected chi connectivity index (χ4v) is 3.26. The van der Waals surface area contributed by atoms with Crippen molar-refractivity contribution in [2.75, 3.05) is 13.6 Å². The summed E-state index contributed by atoms with van der Waals surface area (Å²) < 4.78 is 7.79. The third-order valence-electron chi connectivity index (χ3n) is 4.71. The maximum Gasteiger partial charge on any atom is 0.226 e. The molecule has 7 nitrogen and oxygen atoms in total. The van der Waals surface area contributed by atoms with Gasteiger partial charge in [0.2, 0.25) is 5.89 Å². The minimum atomic E-state index is 0.531. The molecule has 0 aliphatic heterocycles. The number of aliphatic imine (C=N–C) groups is 1. The molecule has 4 aromatic rings. The van der Waals surface area contributed by atoms with Crippen LogP contribution in [0.3, 0.4) is 0 Å². The van der Waals surface area contributed by atoms with Crippen molar-refractivity contribution in [3.05, 3.63) is 72.4 Å². The molecule has 0 amide bonds. The summed E-state index contributed by atoms with van der Waals surface area (Å²) in [5, 5.41) is 6.61. The summed E-state index contributed by atoms with van der Waals surface area (Å²) >= 11 is 0. The van der Waals surface area contributed by atoms with Crippen molar-refractivity contribution >= 4 is 17.0 Å². The van der Waals surface area contributed by atoms with Gasteiger partial charge in [0.05, 0.1) is 23.3 Å². The van der Waals surface area contributed by atoms with Crippen molar-refractivity contribution < 1.29 is 4.42 Å². The van der Waals surface area contributed by atoms with Gasteiger partial charge in [0.25, 0.3) is 0 Å². The molecule has 0 saturated carbocycles. The van der Waals surface area contributed by atoms with Crippen LogP contribution in [0.5, 0.6) is 0 Å². The highest BCUT2D eigenvalue weighted by Gasteiger charge is 2.08. The van der Waals surface area contributed by atoms with Crippen molar-refractivity contribution in [1.82, 2.24) is 25.2 Å². The van der Waals surface area contributed by atoms with E-state index in [1.54, 1.807) is 13.3 Å². The van der Waals surface area contributed by atoms with E-state index >= 15 is 0 Å². The summed E-state index contributed by atoms with van der Waals surface area (Å²) in [6, 6.07) is 18.0. The summed E-state index contributed by atoms with van der Waals surface area (Å²) in [4.78, 5) is 13.4. The SMILES string of the molecule is CN=C(NCCn1c(C)nc2ccccc21)NCc1coc(-c2ccccc2)n1. The maximum absolute atomic E-state index is 5.58. The Bertz CT molecular complexity index is 1110. The van der Waals surface area contributed by atoms with Gasteiger partial charge in [0.1, 0.15) is 12.1 Å². The van der Waals surface area contributed by atoms with E-state index in [0.717, 1.165) is 47.2 Å². The Morgan fingerprint density at radius 3 is 2.66 bits per heavy atom. The van der Waals surface area contributed by atoms with E-state index in [4.69, 9.17) is 4.42 Å². The fraction of sp³-hybridized carbons (Fsp3) is 0.227. The molecule has 0 aliphatic rings. The molecular formula is C22H24N6O. The second-order valence-corrected chi connectivity index (χ2v) is 6.66. The predicted molar refractivity (Wildman–Crippen MR) is 115 cm³/mol. The average Bonchev–Trinajstić information content (AvgIpc) is 3.35. The van der Waals surface area contributed by atoms with Crippen LogP contribution in [0, 0.1) is 6.92 Å². The van der Waals surface area contributed by atoms with Gasteiger partial charge >= 0.3 is 0 Å². The summed E-state index contributed by atoms with van der Waals surface area (Å²) in [6.45, 7) is 4.09. The van der Waals surface area contributed by atoms with Gasteiger partial charge in [-0.1, -0.05) is 30.3 Å². The highest BCUT2D eigenvalue weighted by Crippen LogP contribution is 2.18. The van der Waals surface area contributed by atoms with E-state index in [0.29, 0.717) is 12.4 Å². The molecule has 148 valence electrons. The Kier molecular flexibility index (Phi) is 5.56. The predicted octanol–water partition coefficient (Wildman–Crippen LogP) is 3.36. The molecule has 0 fully saturated rings. The van der Waals surface area contributed by atoms with Crippen molar-refractivity contribution in [2.24, 2.45) is 4.99 Å². The quantitative estimate of drug-likeness (QED) is 0.391. The number of rotatable bonds is 6. The molecule has 0 radical (unpaired) electrons. The number of aromatic nitrogens is 3. The van der Waals surface area contributed by atoms with Gasteiger partial charge in [0.15, 0.2) is 5.96 Å². The number of hydrogen-bond donors (Lipinski definition) is 2. The third kappa shape index (κ3) is 4.29. The van der Waals surface area contributed by atoms with E-state index < -0.39 is 0 Å². The first-order chi connectivity index (χ1) is 14.2. The number of guanidine groups is 1. The van der Waals surface area contributed by atoms with Gasteiger partial charge in [-0.15, -0.1) is 0 Å². The molecule has 2 aromatic carbocycles. The van der Waals surface area contributed by atoms with Crippen molar-refractivity contribution in [3.8, 4) is 11.5 Å². The minimum absolute atomic E-state index is 0.531. The van der Waals surface area contributed by atoms with E-state index in [1.807, 2.05) is 55.5 Å². The molecule has 29 heavy (non-hydrogen) atoms. The van der Waals surface area contributed by atoms with Crippen LogP contribution < -0.4 is 10.6 Å². The highest BCUT2D eigenvalue weighted by molar-refractivity contribution is 5.79. The normalized spacial score (nSPS) is 11.7. The van der Waals surface area contributed by atoms with Crippen LogP contribution in [0.2, 0.25) is 0 Å². The number of aryl methyl sites for hydroxylation is 1. The van der Waals surface area contributed by atoms with Gasteiger partial charge < -0.3 is 19.6 Å². The number of oxazole rings is 1. The lowest BCUT2D eigenvalue weighted by molar-refractivity contribution is 0.572. The number of benzene rings is 2. The smallest absolute Gasteiger partial charge is 0.226 e. The third-order valence-corrected chi connectivity index (χ3v) is 4.71. The zero-order chi connectivity index (χ0) is 20.1. The van der Waals surface area contributed by atoms with E-state index in [1.165, 1.54) is 0 Å². The highest BCUT2D eigenvalue weighted by atomic mass is 16.3. The maximum atomic E-state index is 5.58. The molecule has 0 aliphatic carbocycles. The zero-order valence-corrected chi connectivity index (χ0v) is 16.6. The van der Waals surface area contributed by atoms with Crippen molar-refractivity contribution in [3.63, 3.8) is 0 Å². The first kappa shape index (κ1) is 18.7. The zero-order valence-electron chi connectivity index (χ0n) is 16.6. The fourth-order valence-electron chi connectivity index (χ4n) is 3.26. The molecule has 2 heterocycles. The number of nitrogens with zero attached hydrogens (tertiary/aromatic N) is 4. The number of imidazole rings is 1. The Morgan fingerprint density at radius 2 is 1.83 bits per heavy atom. The van der Waals surface area contributed by atoms with Crippen LogP contribution in [0.25, 0.3) is 22.5 Å². The molecule has 4 rings (SSSR count). The first-order valence-corrected chi connectivity index (χ1v) is 9.61. The molecule has 0 saturated heterocycles. The molecule has 7 heteroatoms. The largest absolute Gasteiger partial charge is 0.444 e. The van der Waals surface area contributed by atoms with Gasteiger partial charge in [0, 0.05) is 25.7 Å². The lowest BCUT2D eigenvalue weighted by atomic mass is 10.2. The Morgan fingerprint density at radius 1 is 1.03 bits per heavy atom. The summed E-state index contributed by atoms with van der Waals surface area (Å²) in [6.07, 6.45) is 1.67. The number of nitrogens with one attached hydrogen (secondary N) is 2. The van der Waals surface area contributed by atoms with Crippen LogP contribution in [0.15, 0.2) is 70.3 Å². The number of hydrogen-bond acceptors (Lipinski definition) is 4. The summed E-state index contributed by atoms with van der Waals surface area (Å²) in [5.41, 5.74) is 3.95. The summed E-state index contributed by atoms with van der Waals surface area (Å²) in [5.74, 6) is 2.34. The average molecular weight is 388 g/mol. The molecule has 0 atom stereocenters. The summed E-state index contributed by atoms with van der Waals surface area (Å²) in [7, 11) is 1.76. The van der Waals surface area contributed by atoms with Crippen LogP contribution >= 0.6 is 0 Å². The Hall–Kier alpha value is -3.61. The van der Waals surface area contributed by atoms with Crippen LogP contribution in [-0.4, -0.2) is 34.1 Å². The standard InChI is InChI=1S/C22H24N6O/c1-16-26-19-10-6-7-11-20(19)28(16)13-12-24-22(23-2)25-14-18-15-29-21(27-18)17-8-4-3-5-9-17/h3-11,15H,12-14H2,1-2H3,(H2,23,24,25). The topological polar surface area (TPSA) is 80.3 Å². The Balaban J connectivity index is 1.31. The van der Waals surface area contributed by atoms with E-state index in [9.17, 15) is 0 Å². The van der Waals surface area contributed by atoms with Crippen LogP contribution in [0.4, 0.5) is 0 Å². The molecule has 0 bridgehead atoms. The molecule has 0 spiro atoms. The Labute approximate surface area is 169 Å². The second-order valence-electron chi connectivity index (χ2n) is 6.66. The lowest BCUT2D eigenvalue weighted by Gasteiger charge is -2.12. The monoisotopic (exact) mass is 388 g/mol.